The maximum Gasteiger partial charge on any atom is 0.281 e. The molecule has 0 spiro atoms. The van der Waals surface area contributed by atoms with E-state index in [0.717, 1.165) is 0 Å². The summed E-state index contributed by atoms with van der Waals surface area (Å²) in [5.74, 6) is -2.50. The zero-order chi connectivity index (χ0) is 10.9. The predicted molar refractivity (Wildman–Crippen MR) is 42.7 cm³/mol. The highest BCUT2D eigenvalue weighted by Crippen LogP contribution is 2.24. The fourth-order valence-corrected chi connectivity index (χ4v) is 1.09. The summed E-state index contributed by atoms with van der Waals surface area (Å²) in [6.45, 7) is 0. The molecule has 1 rings (SSSR count). The summed E-state index contributed by atoms with van der Waals surface area (Å²) in [7, 11) is 0. The summed E-state index contributed by atoms with van der Waals surface area (Å²) < 4.78 is 37.5. The molecule has 7 heteroatoms. The van der Waals surface area contributed by atoms with E-state index in [-0.39, 0.29) is 0 Å². The number of rotatable bonds is 2. The number of aromatic nitrogens is 1. The van der Waals surface area contributed by atoms with Gasteiger partial charge in [-0.3, -0.25) is 4.79 Å². The third-order valence-corrected chi connectivity index (χ3v) is 1.61. The van der Waals surface area contributed by atoms with Gasteiger partial charge in [0.25, 0.3) is 12.3 Å². The van der Waals surface area contributed by atoms with Gasteiger partial charge in [-0.15, -0.1) is 0 Å². The van der Waals surface area contributed by atoms with Gasteiger partial charge in [0, 0.05) is 6.07 Å². The molecule has 3 nitrogen and oxygen atoms in total. The van der Waals surface area contributed by atoms with Crippen LogP contribution in [0.2, 0.25) is 5.15 Å². The average Bonchev–Trinajstić information content (AvgIpc) is 2.01. The van der Waals surface area contributed by atoms with E-state index in [4.69, 9.17) is 17.3 Å². The number of carbonyl (C=O) groups excluding carboxylic acids is 1. The van der Waals surface area contributed by atoms with Crippen molar-refractivity contribution in [1.82, 2.24) is 4.98 Å². The van der Waals surface area contributed by atoms with Gasteiger partial charge in [0.15, 0.2) is 0 Å². The Morgan fingerprint density at radius 2 is 2.14 bits per heavy atom. The molecule has 1 amide bonds. The van der Waals surface area contributed by atoms with Crippen LogP contribution in [0.5, 0.6) is 0 Å². The van der Waals surface area contributed by atoms with E-state index in [9.17, 15) is 18.0 Å². The molecule has 14 heavy (non-hydrogen) atoms. The number of carbonyl (C=O) groups is 1. The molecule has 0 aliphatic rings. The van der Waals surface area contributed by atoms with Crippen molar-refractivity contribution in [3.63, 3.8) is 0 Å². The van der Waals surface area contributed by atoms with Crippen LogP contribution in [0.15, 0.2) is 6.07 Å². The number of hydrogen-bond acceptors (Lipinski definition) is 2. The van der Waals surface area contributed by atoms with Gasteiger partial charge in [-0.25, -0.2) is 18.2 Å². The van der Waals surface area contributed by atoms with E-state index in [0.29, 0.717) is 6.07 Å². The maximum atomic E-state index is 13.0. The summed E-state index contributed by atoms with van der Waals surface area (Å²) in [4.78, 5) is 13.8. The third kappa shape index (κ3) is 1.95. The van der Waals surface area contributed by atoms with Crippen molar-refractivity contribution in [1.29, 1.82) is 0 Å². The minimum atomic E-state index is -3.11. The van der Waals surface area contributed by atoms with Gasteiger partial charge in [0.05, 0.1) is 0 Å². The van der Waals surface area contributed by atoms with Gasteiger partial charge in [-0.1, -0.05) is 11.6 Å². The zero-order valence-corrected chi connectivity index (χ0v) is 7.36. The number of alkyl halides is 2. The lowest BCUT2D eigenvalue weighted by Gasteiger charge is -2.05. The summed E-state index contributed by atoms with van der Waals surface area (Å²) in [5.41, 5.74) is 2.74. The van der Waals surface area contributed by atoms with E-state index in [2.05, 4.69) is 4.98 Å². The number of nitrogens with two attached hydrogens (primary N) is 1. The Labute approximate surface area is 81.7 Å². The van der Waals surface area contributed by atoms with Crippen molar-refractivity contribution in [3.05, 3.63) is 28.3 Å². The van der Waals surface area contributed by atoms with Crippen LogP contribution < -0.4 is 5.73 Å². The fraction of sp³-hybridized carbons (Fsp3) is 0.143. The molecular formula is C7H4ClF3N2O. The van der Waals surface area contributed by atoms with Crippen molar-refractivity contribution >= 4 is 17.5 Å². The highest BCUT2D eigenvalue weighted by molar-refractivity contribution is 6.29. The number of nitrogens with zero attached hydrogens (tertiary/aromatic N) is 1. The molecule has 0 aliphatic heterocycles. The minimum absolute atomic E-state index is 0.456. The Hall–Kier alpha value is -1.30. The van der Waals surface area contributed by atoms with Crippen LogP contribution in [0.25, 0.3) is 0 Å². The first-order valence-electron chi connectivity index (χ1n) is 3.37. The first-order valence-corrected chi connectivity index (χ1v) is 3.75. The molecule has 76 valence electrons. The summed E-state index contributed by atoms with van der Waals surface area (Å²) >= 11 is 5.23. The SMILES string of the molecule is NC(=O)c1c(F)cc(Cl)nc1C(F)F. The Morgan fingerprint density at radius 3 is 2.57 bits per heavy atom. The largest absolute Gasteiger partial charge is 0.365 e. The van der Waals surface area contributed by atoms with Gasteiger partial charge >= 0.3 is 0 Å². The molecule has 0 unspecified atom stereocenters. The van der Waals surface area contributed by atoms with Gasteiger partial charge in [0.1, 0.15) is 22.2 Å². The average molecular weight is 225 g/mol. The highest BCUT2D eigenvalue weighted by Gasteiger charge is 2.23. The molecule has 1 aromatic rings. The number of amides is 1. The Balaban J connectivity index is 3.44. The predicted octanol–water partition coefficient (Wildman–Crippen LogP) is 1.91. The lowest BCUT2D eigenvalue weighted by Crippen LogP contribution is -2.17. The van der Waals surface area contributed by atoms with Gasteiger partial charge in [0.2, 0.25) is 0 Å². The topological polar surface area (TPSA) is 56.0 Å². The van der Waals surface area contributed by atoms with Crippen LogP contribution in [0, 0.1) is 5.82 Å². The van der Waals surface area contributed by atoms with Gasteiger partial charge < -0.3 is 5.73 Å². The molecule has 0 atom stereocenters. The van der Waals surface area contributed by atoms with Crippen LogP contribution in [-0.2, 0) is 0 Å². The van der Waals surface area contributed by atoms with E-state index in [1.165, 1.54) is 0 Å². The molecule has 0 bridgehead atoms. The quantitative estimate of drug-likeness (QED) is 0.780. The first-order chi connectivity index (χ1) is 6.43. The number of pyridine rings is 1. The van der Waals surface area contributed by atoms with E-state index < -0.39 is 34.6 Å². The third-order valence-electron chi connectivity index (χ3n) is 1.42. The van der Waals surface area contributed by atoms with Crippen molar-refractivity contribution in [3.8, 4) is 0 Å². The Kier molecular flexibility index (Phi) is 2.95. The number of primary amides is 1. The van der Waals surface area contributed by atoms with Crippen LogP contribution in [0.4, 0.5) is 13.2 Å². The number of halogens is 4. The van der Waals surface area contributed by atoms with Crippen molar-refractivity contribution in [2.75, 3.05) is 0 Å². The summed E-state index contributed by atoms with van der Waals surface area (Å²) in [5, 5.41) is -0.456. The second kappa shape index (κ2) is 3.83. The van der Waals surface area contributed by atoms with Crippen LogP contribution in [0.1, 0.15) is 22.5 Å². The molecular weight excluding hydrogens is 221 g/mol. The van der Waals surface area contributed by atoms with E-state index in [1.807, 2.05) is 0 Å². The monoisotopic (exact) mass is 224 g/mol. The van der Waals surface area contributed by atoms with Crippen molar-refractivity contribution < 1.29 is 18.0 Å². The number of hydrogen-bond donors (Lipinski definition) is 1. The van der Waals surface area contributed by atoms with E-state index >= 15 is 0 Å². The van der Waals surface area contributed by atoms with Crippen LogP contribution in [-0.4, -0.2) is 10.9 Å². The van der Waals surface area contributed by atoms with Crippen molar-refractivity contribution in [2.45, 2.75) is 6.43 Å². The molecule has 2 N–H and O–H groups in total. The van der Waals surface area contributed by atoms with Gasteiger partial charge in [-0.2, -0.15) is 0 Å². The molecule has 0 saturated carbocycles. The molecule has 0 aliphatic carbocycles. The smallest absolute Gasteiger partial charge is 0.281 e. The molecule has 0 radical (unpaired) electrons. The van der Waals surface area contributed by atoms with Crippen LogP contribution >= 0.6 is 11.6 Å². The van der Waals surface area contributed by atoms with Crippen molar-refractivity contribution in [2.24, 2.45) is 5.73 Å². The molecule has 0 saturated heterocycles. The molecule has 1 heterocycles. The minimum Gasteiger partial charge on any atom is -0.365 e. The first kappa shape index (κ1) is 10.8. The molecule has 0 fully saturated rings. The lowest BCUT2D eigenvalue weighted by molar-refractivity contribution is 0.0977. The Morgan fingerprint density at radius 1 is 1.57 bits per heavy atom. The maximum absolute atomic E-state index is 13.0. The molecule has 1 aromatic heterocycles. The second-order valence-electron chi connectivity index (χ2n) is 2.35. The second-order valence-corrected chi connectivity index (χ2v) is 2.74. The van der Waals surface area contributed by atoms with E-state index in [1.54, 1.807) is 0 Å². The normalized spacial score (nSPS) is 10.6. The zero-order valence-electron chi connectivity index (χ0n) is 6.60. The van der Waals surface area contributed by atoms with Gasteiger partial charge in [-0.05, 0) is 0 Å². The Bertz CT molecular complexity index is 383. The lowest BCUT2D eigenvalue weighted by atomic mass is 10.2. The summed E-state index contributed by atoms with van der Waals surface area (Å²) in [6.07, 6.45) is -3.11. The summed E-state index contributed by atoms with van der Waals surface area (Å²) in [6, 6.07) is 0.646. The highest BCUT2D eigenvalue weighted by atomic mass is 35.5. The fourth-order valence-electron chi connectivity index (χ4n) is 0.904. The molecule has 0 aromatic carbocycles. The van der Waals surface area contributed by atoms with Crippen LogP contribution in [0.3, 0.4) is 0 Å². The standard InChI is InChI=1S/C7H4ClF3N2O/c8-3-1-2(9)4(7(12)14)5(13-3)6(10)11/h1,6H,(H2,12,14).